The SMILES string of the molecule is FC(F)[C@@H](c1ccccn1)N1CCNCC1. The van der Waals surface area contributed by atoms with Gasteiger partial charge in [-0.15, -0.1) is 0 Å². The first-order valence-electron chi connectivity index (χ1n) is 5.43. The monoisotopic (exact) mass is 227 g/mol. The molecule has 16 heavy (non-hydrogen) atoms. The van der Waals surface area contributed by atoms with Crippen LogP contribution in [0.3, 0.4) is 0 Å². The molecule has 0 unspecified atom stereocenters. The minimum atomic E-state index is -2.40. The van der Waals surface area contributed by atoms with Crippen LogP contribution in [0.1, 0.15) is 11.7 Å². The number of nitrogens with one attached hydrogen (secondary N) is 1. The number of aromatic nitrogens is 1. The van der Waals surface area contributed by atoms with E-state index in [0.29, 0.717) is 18.8 Å². The topological polar surface area (TPSA) is 28.2 Å². The van der Waals surface area contributed by atoms with Crippen molar-refractivity contribution in [1.82, 2.24) is 15.2 Å². The molecule has 1 aliphatic heterocycles. The zero-order chi connectivity index (χ0) is 11.4. The normalized spacial score (nSPS) is 19.9. The van der Waals surface area contributed by atoms with Crippen molar-refractivity contribution < 1.29 is 8.78 Å². The van der Waals surface area contributed by atoms with E-state index in [0.717, 1.165) is 13.1 Å². The summed E-state index contributed by atoms with van der Waals surface area (Å²) in [7, 11) is 0. The quantitative estimate of drug-likeness (QED) is 0.843. The number of hydrogen-bond donors (Lipinski definition) is 1. The number of piperazine rings is 1. The molecular formula is C11H15F2N3. The van der Waals surface area contributed by atoms with E-state index >= 15 is 0 Å². The Morgan fingerprint density at radius 3 is 2.56 bits per heavy atom. The van der Waals surface area contributed by atoms with Crippen LogP contribution in [0.25, 0.3) is 0 Å². The van der Waals surface area contributed by atoms with E-state index in [1.165, 1.54) is 0 Å². The number of pyridine rings is 1. The maximum atomic E-state index is 13.1. The standard InChI is InChI=1S/C11H15F2N3/c12-11(13)10(9-3-1-2-4-15-9)16-7-5-14-6-8-16/h1-4,10-11,14H,5-8H2/t10-/m1/s1. The molecule has 0 spiro atoms. The number of nitrogens with zero attached hydrogens (tertiary/aromatic N) is 2. The molecule has 1 saturated heterocycles. The number of alkyl halides is 2. The van der Waals surface area contributed by atoms with Crippen molar-refractivity contribution in [2.75, 3.05) is 26.2 Å². The highest BCUT2D eigenvalue weighted by molar-refractivity contribution is 5.10. The fourth-order valence-electron chi connectivity index (χ4n) is 1.99. The van der Waals surface area contributed by atoms with Crippen molar-refractivity contribution in [3.63, 3.8) is 0 Å². The molecule has 1 aromatic heterocycles. The van der Waals surface area contributed by atoms with Crippen LogP contribution in [-0.4, -0.2) is 42.5 Å². The average molecular weight is 227 g/mol. The molecule has 0 bridgehead atoms. The van der Waals surface area contributed by atoms with Gasteiger partial charge in [0, 0.05) is 32.4 Å². The third kappa shape index (κ3) is 2.54. The van der Waals surface area contributed by atoms with Gasteiger partial charge in [-0.1, -0.05) is 6.07 Å². The fourth-order valence-corrected chi connectivity index (χ4v) is 1.99. The highest BCUT2D eigenvalue weighted by Gasteiger charge is 2.30. The summed E-state index contributed by atoms with van der Waals surface area (Å²) >= 11 is 0. The Labute approximate surface area is 93.5 Å². The van der Waals surface area contributed by atoms with Gasteiger partial charge in [0.15, 0.2) is 0 Å². The average Bonchev–Trinajstić information content (AvgIpc) is 2.31. The van der Waals surface area contributed by atoms with Crippen LogP contribution in [0, 0.1) is 0 Å². The molecule has 1 atom stereocenters. The van der Waals surface area contributed by atoms with Crippen LogP contribution in [0.15, 0.2) is 24.4 Å². The zero-order valence-corrected chi connectivity index (χ0v) is 8.94. The van der Waals surface area contributed by atoms with Crippen LogP contribution in [-0.2, 0) is 0 Å². The van der Waals surface area contributed by atoms with Gasteiger partial charge in [-0.25, -0.2) is 8.78 Å². The van der Waals surface area contributed by atoms with Crippen LogP contribution in [0.5, 0.6) is 0 Å². The van der Waals surface area contributed by atoms with Gasteiger partial charge in [0.05, 0.1) is 5.69 Å². The number of hydrogen-bond acceptors (Lipinski definition) is 3. The molecule has 5 heteroatoms. The first kappa shape index (κ1) is 11.4. The second kappa shape index (κ2) is 5.32. The molecule has 1 aromatic rings. The molecule has 0 aromatic carbocycles. The molecular weight excluding hydrogens is 212 g/mol. The molecule has 0 aliphatic carbocycles. The molecule has 1 fully saturated rings. The number of halogens is 2. The van der Waals surface area contributed by atoms with E-state index in [4.69, 9.17) is 0 Å². The highest BCUT2D eigenvalue weighted by Crippen LogP contribution is 2.25. The Morgan fingerprint density at radius 1 is 1.25 bits per heavy atom. The zero-order valence-electron chi connectivity index (χ0n) is 8.94. The van der Waals surface area contributed by atoms with Crippen molar-refractivity contribution in [3.8, 4) is 0 Å². The van der Waals surface area contributed by atoms with Crippen LogP contribution in [0.2, 0.25) is 0 Å². The summed E-state index contributed by atoms with van der Waals surface area (Å²) in [5, 5.41) is 3.15. The van der Waals surface area contributed by atoms with E-state index in [1.54, 1.807) is 29.3 Å². The first-order chi connectivity index (χ1) is 7.79. The molecule has 1 aliphatic rings. The Bertz CT molecular complexity index is 312. The predicted octanol–water partition coefficient (Wildman–Crippen LogP) is 1.29. The third-order valence-corrected chi connectivity index (χ3v) is 2.77. The number of rotatable bonds is 3. The lowest BCUT2D eigenvalue weighted by Gasteiger charge is -2.33. The Balaban J connectivity index is 2.16. The van der Waals surface area contributed by atoms with Gasteiger partial charge in [0.25, 0.3) is 6.43 Å². The van der Waals surface area contributed by atoms with Crippen LogP contribution >= 0.6 is 0 Å². The minimum absolute atomic E-state index is 0.458. The summed E-state index contributed by atoms with van der Waals surface area (Å²) in [4.78, 5) is 5.83. The fraction of sp³-hybridized carbons (Fsp3) is 0.545. The van der Waals surface area contributed by atoms with Gasteiger partial charge in [-0.2, -0.15) is 0 Å². The van der Waals surface area contributed by atoms with Gasteiger partial charge in [0.2, 0.25) is 0 Å². The lowest BCUT2D eigenvalue weighted by atomic mass is 10.1. The Morgan fingerprint density at radius 2 is 2.00 bits per heavy atom. The van der Waals surface area contributed by atoms with E-state index in [2.05, 4.69) is 10.3 Å². The maximum Gasteiger partial charge on any atom is 0.259 e. The third-order valence-electron chi connectivity index (χ3n) is 2.77. The largest absolute Gasteiger partial charge is 0.314 e. The molecule has 0 saturated carbocycles. The van der Waals surface area contributed by atoms with Gasteiger partial charge in [0.1, 0.15) is 6.04 Å². The van der Waals surface area contributed by atoms with E-state index in [9.17, 15) is 8.78 Å². The molecule has 88 valence electrons. The molecule has 3 nitrogen and oxygen atoms in total. The first-order valence-corrected chi connectivity index (χ1v) is 5.43. The maximum absolute atomic E-state index is 13.1. The second-order valence-electron chi connectivity index (χ2n) is 3.82. The smallest absolute Gasteiger partial charge is 0.259 e. The summed E-state index contributed by atoms with van der Waals surface area (Å²) in [6.45, 7) is 2.81. The summed E-state index contributed by atoms with van der Waals surface area (Å²) < 4.78 is 26.1. The van der Waals surface area contributed by atoms with E-state index in [1.807, 2.05) is 0 Å². The Kier molecular flexibility index (Phi) is 3.79. The van der Waals surface area contributed by atoms with E-state index in [-0.39, 0.29) is 0 Å². The van der Waals surface area contributed by atoms with Gasteiger partial charge in [-0.05, 0) is 12.1 Å². The lowest BCUT2D eigenvalue weighted by molar-refractivity contribution is 0.0160. The second-order valence-corrected chi connectivity index (χ2v) is 3.82. The van der Waals surface area contributed by atoms with Gasteiger partial charge in [-0.3, -0.25) is 9.88 Å². The molecule has 0 amide bonds. The molecule has 2 heterocycles. The summed E-state index contributed by atoms with van der Waals surface area (Å²) in [6.07, 6.45) is -0.833. The van der Waals surface area contributed by atoms with Crippen LogP contribution < -0.4 is 5.32 Å². The summed E-state index contributed by atoms with van der Waals surface area (Å²) in [5.74, 6) is 0. The summed E-state index contributed by atoms with van der Waals surface area (Å²) in [5.41, 5.74) is 0.458. The summed E-state index contributed by atoms with van der Waals surface area (Å²) in [6, 6.07) is 4.28. The van der Waals surface area contributed by atoms with Crippen molar-refractivity contribution in [2.24, 2.45) is 0 Å². The van der Waals surface area contributed by atoms with Crippen molar-refractivity contribution in [2.45, 2.75) is 12.5 Å². The Hall–Kier alpha value is -1.07. The molecule has 2 rings (SSSR count). The minimum Gasteiger partial charge on any atom is -0.314 e. The highest BCUT2D eigenvalue weighted by atomic mass is 19.3. The predicted molar refractivity (Wildman–Crippen MR) is 57.4 cm³/mol. The van der Waals surface area contributed by atoms with Gasteiger partial charge >= 0.3 is 0 Å². The lowest BCUT2D eigenvalue weighted by Crippen LogP contribution is -2.47. The van der Waals surface area contributed by atoms with Crippen molar-refractivity contribution in [1.29, 1.82) is 0 Å². The molecule has 1 N–H and O–H groups in total. The molecule has 0 radical (unpaired) electrons. The van der Waals surface area contributed by atoms with Crippen molar-refractivity contribution >= 4 is 0 Å². The van der Waals surface area contributed by atoms with Crippen LogP contribution in [0.4, 0.5) is 8.78 Å². The van der Waals surface area contributed by atoms with Gasteiger partial charge < -0.3 is 5.32 Å². The van der Waals surface area contributed by atoms with Crippen molar-refractivity contribution in [3.05, 3.63) is 30.1 Å². The van der Waals surface area contributed by atoms with E-state index < -0.39 is 12.5 Å².